The number of benzene rings is 1. The molecule has 2 amide bonds. The summed E-state index contributed by atoms with van der Waals surface area (Å²) < 4.78 is 0. The molecule has 1 aromatic heterocycles. The maximum Gasteiger partial charge on any atom is 0.318 e. The number of hydrogen-bond acceptors (Lipinski definition) is 6. The number of piperazine rings is 1. The molecular weight excluding hydrogens is 396 g/mol. The highest BCUT2D eigenvalue weighted by Crippen LogP contribution is 2.17. The summed E-state index contributed by atoms with van der Waals surface area (Å²) in [6.45, 7) is 2.92. The lowest BCUT2D eigenvalue weighted by Gasteiger charge is -2.36. The van der Waals surface area contributed by atoms with E-state index in [0.29, 0.717) is 26.2 Å². The van der Waals surface area contributed by atoms with Gasteiger partial charge in [-0.1, -0.05) is 11.8 Å². The van der Waals surface area contributed by atoms with Gasteiger partial charge in [-0.15, -0.1) is 0 Å². The molecule has 162 valence electrons. The number of nitrogens with one attached hydrogen (secondary N) is 1. The fourth-order valence-corrected chi connectivity index (χ4v) is 3.30. The minimum Gasteiger partial charge on any atom is -0.391 e. The predicted molar refractivity (Wildman–Crippen MR) is 117 cm³/mol. The minimum atomic E-state index is -1.11. The van der Waals surface area contributed by atoms with E-state index in [2.05, 4.69) is 27.0 Å². The van der Waals surface area contributed by atoms with E-state index >= 15 is 0 Å². The van der Waals surface area contributed by atoms with Crippen LogP contribution >= 0.6 is 0 Å². The summed E-state index contributed by atoms with van der Waals surface area (Å²) in [6.07, 6.45) is 2.36. The Morgan fingerprint density at radius 3 is 2.35 bits per heavy atom. The quantitative estimate of drug-likeness (QED) is 0.610. The molecule has 0 aliphatic carbocycles. The molecule has 3 rings (SSSR count). The minimum absolute atomic E-state index is 0.423. The highest BCUT2D eigenvalue weighted by molar-refractivity contribution is 5.89. The second-order valence-electron chi connectivity index (χ2n) is 7.30. The van der Waals surface area contributed by atoms with Gasteiger partial charge in [0, 0.05) is 55.4 Å². The molecule has 0 radical (unpaired) electrons. The Balaban J connectivity index is 1.54. The maximum absolute atomic E-state index is 12.4. The van der Waals surface area contributed by atoms with Crippen LogP contribution in [0.2, 0.25) is 0 Å². The van der Waals surface area contributed by atoms with Gasteiger partial charge < -0.3 is 25.3 Å². The van der Waals surface area contributed by atoms with Crippen molar-refractivity contribution < 1.29 is 19.8 Å². The first-order valence-corrected chi connectivity index (χ1v) is 10.1. The molecule has 1 aliphatic rings. The number of Topliss-reactive ketones (excluding diaryl/α,β-unsaturated/α-hetero) is 1. The number of anilines is 1. The van der Waals surface area contributed by atoms with Gasteiger partial charge in [0.25, 0.3) is 0 Å². The molecule has 2 aromatic rings. The molecule has 0 spiro atoms. The van der Waals surface area contributed by atoms with Crippen molar-refractivity contribution in [1.82, 2.24) is 15.2 Å². The first-order chi connectivity index (χ1) is 15.0. The van der Waals surface area contributed by atoms with Gasteiger partial charge in [-0.2, -0.15) is 0 Å². The van der Waals surface area contributed by atoms with E-state index in [0.717, 1.165) is 16.8 Å². The number of hydrogen-bond donors (Lipinski definition) is 3. The molecule has 31 heavy (non-hydrogen) atoms. The number of pyridine rings is 1. The lowest BCUT2D eigenvalue weighted by molar-refractivity contribution is -0.125. The average molecular weight is 422 g/mol. The molecule has 0 saturated carbocycles. The molecular formula is C23H26N4O4. The molecule has 1 aromatic carbocycles. The SMILES string of the molecule is C[C@@H](O)[C@H](NC(=O)N1CCN(c2ccc(C#Cc3cccnc3)cc2)CC1)C(=O)CO. The van der Waals surface area contributed by atoms with Crippen LogP contribution in [0.3, 0.4) is 0 Å². The van der Waals surface area contributed by atoms with Crippen LogP contribution in [-0.2, 0) is 4.79 Å². The summed E-state index contributed by atoms with van der Waals surface area (Å²) in [7, 11) is 0. The molecule has 0 bridgehead atoms. The number of amides is 2. The van der Waals surface area contributed by atoms with Crippen LogP contribution in [0.4, 0.5) is 10.5 Å². The fourth-order valence-electron chi connectivity index (χ4n) is 3.30. The number of carbonyl (C=O) groups is 2. The van der Waals surface area contributed by atoms with Gasteiger partial charge in [-0.05, 0) is 43.3 Å². The van der Waals surface area contributed by atoms with Crippen LogP contribution in [0.25, 0.3) is 0 Å². The van der Waals surface area contributed by atoms with E-state index in [9.17, 15) is 14.7 Å². The van der Waals surface area contributed by atoms with Crippen molar-refractivity contribution >= 4 is 17.5 Å². The lowest BCUT2D eigenvalue weighted by atomic mass is 10.1. The first kappa shape index (κ1) is 22.3. The number of carbonyl (C=O) groups excluding carboxylic acids is 2. The van der Waals surface area contributed by atoms with Crippen LogP contribution in [0, 0.1) is 11.8 Å². The summed E-state index contributed by atoms with van der Waals surface area (Å²) in [5.74, 6) is 5.58. The van der Waals surface area contributed by atoms with Crippen molar-refractivity contribution in [2.45, 2.75) is 19.1 Å². The molecule has 0 unspecified atom stereocenters. The van der Waals surface area contributed by atoms with E-state index in [1.165, 1.54) is 6.92 Å². The number of aliphatic hydroxyl groups excluding tert-OH is 2. The standard InChI is InChI=1S/C23H26N4O4/c1-17(29)22(21(30)16-28)25-23(31)27-13-11-26(12-14-27)20-8-6-18(7-9-20)4-5-19-3-2-10-24-15-19/h2-3,6-10,15,17,22,28-29H,11-14,16H2,1H3,(H,25,31)/t17-,22+/m1/s1. The van der Waals surface area contributed by atoms with Crippen molar-refractivity contribution in [2.24, 2.45) is 0 Å². The third kappa shape index (κ3) is 6.04. The molecule has 8 heteroatoms. The third-order valence-electron chi connectivity index (χ3n) is 5.08. The van der Waals surface area contributed by atoms with Gasteiger partial charge in [0.05, 0.1) is 6.10 Å². The van der Waals surface area contributed by atoms with Gasteiger partial charge >= 0.3 is 6.03 Å². The van der Waals surface area contributed by atoms with Crippen LogP contribution in [0.15, 0.2) is 48.8 Å². The van der Waals surface area contributed by atoms with Gasteiger partial charge in [0.1, 0.15) is 12.6 Å². The maximum atomic E-state index is 12.4. The number of nitrogens with zero attached hydrogens (tertiary/aromatic N) is 3. The molecule has 1 aliphatic heterocycles. The second-order valence-corrected chi connectivity index (χ2v) is 7.30. The van der Waals surface area contributed by atoms with Crippen LogP contribution in [0.5, 0.6) is 0 Å². The van der Waals surface area contributed by atoms with E-state index < -0.39 is 30.6 Å². The van der Waals surface area contributed by atoms with Crippen LogP contribution in [-0.4, -0.2) is 76.8 Å². The highest BCUT2D eigenvalue weighted by Gasteiger charge is 2.28. The van der Waals surface area contributed by atoms with Gasteiger partial charge in [0.2, 0.25) is 0 Å². The molecule has 1 saturated heterocycles. The Hall–Kier alpha value is -3.41. The summed E-state index contributed by atoms with van der Waals surface area (Å²) in [4.78, 5) is 32.0. The molecule has 3 N–H and O–H groups in total. The van der Waals surface area contributed by atoms with Crippen LogP contribution < -0.4 is 10.2 Å². The molecule has 2 heterocycles. The molecule has 8 nitrogen and oxygen atoms in total. The molecule has 2 atom stereocenters. The number of aliphatic hydroxyl groups is 2. The topological polar surface area (TPSA) is 106 Å². The number of aromatic nitrogens is 1. The normalized spacial score (nSPS) is 15.5. The Morgan fingerprint density at radius 2 is 1.77 bits per heavy atom. The highest BCUT2D eigenvalue weighted by atomic mass is 16.3. The zero-order chi connectivity index (χ0) is 22.2. The summed E-state index contributed by atoms with van der Waals surface area (Å²) >= 11 is 0. The van der Waals surface area contributed by atoms with E-state index in [1.54, 1.807) is 17.3 Å². The number of rotatable bonds is 5. The zero-order valence-electron chi connectivity index (χ0n) is 17.4. The first-order valence-electron chi connectivity index (χ1n) is 10.1. The van der Waals surface area contributed by atoms with Gasteiger partial charge in [-0.25, -0.2) is 4.79 Å². The smallest absolute Gasteiger partial charge is 0.318 e. The van der Waals surface area contributed by atoms with Crippen molar-refractivity contribution in [3.05, 3.63) is 59.9 Å². The predicted octanol–water partition coefficient (Wildman–Crippen LogP) is 0.624. The third-order valence-corrected chi connectivity index (χ3v) is 5.08. The average Bonchev–Trinajstić information content (AvgIpc) is 2.81. The number of urea groups is 1. The zero-order valence-corrected chi connectivity index (χ0v) is 17.4. The largest absolute Gasteiger partial charge is 0.391 e. The lowest BCUT2D eigenvalue weighted by Crippen LogP contribution is -2.57. The van der Waals surface area contributed by atoms with Crippen molar-refractivity contribution in [3.63, 3.8) is 0 Å². The Morgan fingerprint density at radius 1 is 1.10 bits per heavy atom. The Bertz CT molecular complexity index is 943. The monoisotopic (exact) mass is 422 g/mol. The van der Waals surface area contributed by atoms with E-state index in [-0.39, 0.29) is 0 Å². The summed E-state index contributed by atoms with van der Waals surface area (Å²) in [5.41, 5.74) is 2.81. The Labute approximate surface area is 181 Å². The van der Waals surface area contributed by atoms with Crippen molar-refractivity contribution in [1.29, 1.82) is 0 Å². The Kier molecular flexibility index (Phi) is 7.60. The second kappa shape index (κ2) is 10.6. The fraction of sp³-hybridized carbons (Fsp3) is 0.348. The molecule has 1 fully saturated rings. The van der Waals surface area contributed by atoms with Gasteiger partial charge in [0.15, 0.2) is 5.78 Å². The summed E-state index contributed by atoms with van der Waals surface area (Å²) in [5, 5.41) is 21.2. The van der Waals surface area contributed by atoms with Crippen LogP contribution in [0.1, 0.15) is 18.1 Å². The van der Waals surface area contributed by atoms with Crippen molar-refractivity contribution in [2.75, 3.05) is 37.7 Å². The number of ketones is 1. The summed E-state index contributed by atoms with van der Waals surface area (Å²) in [6, 6.07) is 10.2. The van der Waals surface area contributed by atoms with Crippen molar-refractivity contribution in [3.8, 4) is 11.8 Å². The van der Waals surface area contributed by atoms with E-state index in [1.807, 2.05) is 36.4 Å². The van der Waals surface area contributed by atoms with E-state index in [4.69, 9.17) is 5.11 Å². The van der Waals surface area contributed by atoms with Gasteiger partial charge in [-0.3, -0.25) is 9.78 Å².